The summed E-state index contributed by atoms with van der Waals surface area (Å²) in [5.74, 6) is 0. The van der Waals surface area contributed by atoms with Crippen molar-refractivity contribution in [1.82, 2.24) is 0 Å². The van der Waals surface area contributed by atoms with Crippen LogP contribution in [0.2, 0.25) is 0 Å². The first kappa shape index (κ1) is 15.2. The van der Waals surface area contributed by atoms with E-state index in [2.05, 4.69) is 26.0 Å². The molecular formula is C16H26O2. The quantitative estimate of drug-likeness (QED) is 0.635. The molecule has 0 aromatic heterocycles. The largest absolute Gasteiger partial charge is 0.380 e. The molecule has 2 heteroatoms. The second-order valence-electron chi connectivity index (χ2n) is 5.14. The van der Waals surface area contributed by atoms with Crippen LogP contribution in [0, 0.1) is 0 Å². The minimum absolute atomic E-state index is 0.733. The van der Waals surface area contributed by atoms with Gasteiger partial charge in [0.15, 0.2) is 0 Å². The van der Waals surface area contributed by atoms with Gasteiger partial charge >= 0.3 is 0 Å². The zero-order valence-corrected chi connectivity index (χ0v) is 12.2. The average molecular weight is 250 g/mol. The van der Waals surface area contributed by atoms with Gasteiger partial charge in [0.2, 0.25) is 0 Å². The van der Waals surface area contributed by atoms with E-state index in [0.717, 1.165) is 32.5 Å². The summed E-state index contributed by atoms with van der Waals surface area (Å²) in [6.45, 7) is 5.78. The molecule has 0 fully saturated rings. The highest BCUT2D eigenvalue weighted by Crippen LogP contribution is 2.27. The van der Waals surface area contributed by atoms with Gasteiger partial charge in [-0.3, -0.25) is 0 Å². The third kappa shape index (κ3) is 5.19. The lowest BCUT2D eigenvalue weighted by Gasteiger charge is -2.20. The molecule has 2 nitrogen and oxygen atoms in total. The van der Waals surface area contributed by atoms with Crippen LogP contribution in [-0.4, -0.2) is 27.4 Å². The second-order valence-corrected chi connectivity index (χ2v) is 5.14. The lowest BCUT2D eigenvalue weighted by atomic mass is 9.90. The Morgan fingerprint density at radius 1 is 1.17 bits per heavy atom. The minimum Gasteiger partial charge on any atom is -0.380 e. The van der Waals surface area contributed by atoms with Crippen molar-refractivity contribution in [2.24, 2.45) is 0 Å². The van der Waals surface area contributed by atoms with E-state index >= 15 is 0 Å². The monoisotopic (exact) mass is 250 g/mol. The number of hydrogen-bond acceptors (Lipinski definition) is 2. The van der Waals surface area contributed by atoms with Crippen LogP contribution in [0.4, 0.5) is 0 Å². The van der Waals surface area contributed by atoms with Crippen LogP contribution in [-0.2, 0) is 9.47 Å². The fourth-order valence-corrected chi connectivity index (χ4v) is 2.28. The molecule has 102 valence electrons. The summed E-state index contributed by atoms with van der Waals surface area (Å²) in [5, 5.41) is 0. The molecular weight excluding hydrogens is 224 g/mol. The number of allylic oxidation sites excluding steroid dienone is 4. The molecule has 0 saturated carbocycles. The van der Waals surface area contributed by atoms with E-state index in [1.807, 2.05) is 0 Å². The smallest absolute Gasteiger partial charge is 0.0679 e. The Morgan fingerprint density at radius 3 is 2.44 bits per heavy atom. The second kappa shape index (κ2) is 8.28. The Bertz CT molecular complexity index is 344. The lowest BCUT2D eigenvalue weighted by Crippen LogP contribution is -2.09. The molecule has 18 heavy (non-hydrogen) atoms. The van der Waals surface area contributed by atoms with Crippen LogP contribution < -0.4 is 0 Å². The topological polar surface area (TPSA) is 18.5 Å². The van der Waals surface area contributed by atoms with E-state index < -0.39 is 0 Å². The fraction of sp³-hybridized carbons (Fsp3) is 0.625. The molecule has 0 spiro atoms. The average Bonchev–Trinajstić information content (AvgIpc) is 2.32. The zero-order chi connectivity index (χ0) is 13.4. The highest BCUT2D eigenvalue weighted by atomic mass is 16.5. The van der Waals surface area contributed by atoms with Crippen molar-refractivity contribution in [2.45, 2.75) is 39.5 Å². The maximum Gasteiger partial charge on any atom is 0.0679 e. The Kier molecular flexibility index (Phi) is 6.99. The first-order valence-corrected chi connectivity index (χ1v) is 6.66. The molecule has 0 amide bonds. The molecule has 0 N–H and O–H groups in total. The predicted molar refractivity (Wildman–Crippen MR) is 76.8 cm³/mol. The van der Waals surface area contributed by atoms with Gasteiger partial charge in [0.25, 0.3) is 0 Å². The van der Waals surface area contributed by atoms with E-state index in [1.54, 1.807) is 19.8 Å². The highest BCUT2D eigenvalue weighted by Gasteiger charge is 2.13. The van der Waals surface area contributed by atoms with Crippen molar-refractivity contribution in [3.63, 3.8) is 0 Å². The van der Waals surface area contributed by atoms with Crippen LogP contribution in [0.15, 0.2) is 34.4 Å². The molecule has 1 rings (SSSR count). The molecule has 0 aromatic rings. The van der Waals surface area contributed by atoms with Gasteiger partial charge in [-0.1, -0.05) is 23.3 Å². The third-order valence-corrected chi connectivity index (χ3v) is 3.23. The first-order valence-electron chi connectivity index (χ1n) is 6.66. The Balaban J connectivity index is 2.54. The molecule has 1 aliphatic carbocycles. The van der Waals surface area contributed by atoms with Gasteiger partial charge in [-0.25, -0.2) is 0 Å². The molecule has 1 aliphatic rings. The SMILES string of the molecule is COCC1=C(COC)CC(CCC=C(C)C)=CC1. The highest BCUT2D eigenvalue weighted by molar-refractivity contribution is 5.30. The molecule has 0 bridgehead atoms. The van der Waals surface area contributed by atoms with Gasteiger partial charge in [0, 0.05) is 14.2 Å². The minimum atomic E-state index is 0.733. The van der Waals surface area contributed by atoms with Gasteiger partial charge in [0.1, 0.15) is 0 Å². The summed E-state index contributed by atoms with van der Waals surface area (Å²) in [5.41, 5.74) is 5.75. The van der Waals surface area contributed by atoms with Gasteiger partial charge in [-0.05, 0) is 50.7 Å². The van der Waals surface area contributed by atoms with Crippen LogP contribution in [0.5, 0.6) is 0 Å². The fourth-order valence-electron chi connectivity index (χ4n) is 2.28. The summed E-state index contributed by atoms with van der Waals surface area (Å²) in [7, 11) is 3.52. The molecule has 0 atom stereocenters. The Labute approximate surface area is 111 Å². The summed E-state index contributed by atoms with van der Waals surface area (Å²) < 4.78 is 10.5. The molecule has 0 radical (unpaired) electrons. The normalized spacial score (nSPS) is 15.7. The Morgan fingerprint density at radius 2 is 1.83 bits per heavy atom. The van der Waals surface area contributed by atoms with Gasteiger partial charge in [-0.2, -0.15) is 0 Å². The lowest BCUT2D eigenvalue weighted by molar-refractivity contribution is 0.207. The van der Waals surface area contributed by atoms with E-state index in [1.165, 1.54) is 23.1 Å². The van der Waals surface area contributed by atoms with Gasteiger partial charge in [-0.15, -0.1) is 0 Å². The molecule has 0 aromatic carbocycles. The molecule has 0 heterocycles. The van der Waals surface area contributed by atoms with Crippen molar-refractivity contribution in [3.8, 4) is 0 Å². The standard InChI is InChI=1S/C16H26O2/c1-13(2)6-5-7-14-8-9-15(11-17-3)16(10-14)12-18-4/h6,8H,5,7,9-12H2,1-4H3. The van der Waals surface area contributed by atoms with Crippen molar-refractivity contribution in [3.05, 3.63) is 34.4 Å². The Hall–Kier alpha value is -0.860. The number of rotatable bonds is 7. The van der Waals surface area contributed by atoms with Crippen molar-refractivity contribution in [1.29, 1.82) is 0 Å². The first-order chi connectivity index (χ1) is 8.67. The summed E-state index contributed by atoms with van der Waals surface area (Å²) in [6.07, 6.45) is 9.07. The number of hydrogen-bond donors (Lipinski definition) is 0. The van der Waals surface area contributed by atoms with Crippen molar-refractivity contribution < 1.29 is 9.47 Å². The van der Waals surface area contributed by atoms with Crippen molar-refractivity contribution in [2.75, 3.05) is 27.4 Å². The van der Waals surface area contributed by atoms with E-state index in [0.29, 0.717) is 0 Å². The summed E-state index contributed by atoms with van der Waals surface area (Å²) >= 11 is 0. The zero-order valence-electron chi connectivity index (χ0n) is 12.2. The van der Waals surface area contributed by atoms with Gasteiger partial charge < -0.3 is 9.47 Å². The summed E-state index contributed by atoms with van der Waals surface area (Å²) in [6, 6.07) is 0. The molecule has 0 saturated heterocycles. The van der Waals surface area contributed by atoms with Gasteiger partial charge in [0.05, 0.1) is 13.2 Å². The number of ether oxygens (including phenoxy) is 2. The van der Waals surface area contributed by atoms with E-state index in [-0.39, 0.29) is 0 Å². The summed E-state index contributed by atoms with van der Waals surface area (Å²) in [4.78, 5) is 0. The predicted octanol–water partition coefficient (Wildman–Crippen LogP) is 4.04. The molecule has 0 unspecified atom stereocenters. The van der Waals surface area contributed by atoms with E-state index in [9.17, 15) is 0 Å². The van der Waals surface area contributed by atoms with Crippen LogP contribution in [0.1, 0.15) is 39.5 Å². The van der Waals surface area contributed by atoms with Crippen LogP contribution in [0.25, 0.3) is 0 Å². The third-order valence-electron chi connectivity index (χ3n) is 3.23. The van der Waals surface area contributed by atoms with Crippen LogP contribution >= 0.6 is 0 Å². The number of methoxy groups -OCH3 is 2. The molecule has 0 aliphatic heterocycles. The maximum absolute atomic E-state index is 5.30. The van der Waals surface area contributed by atoms with Crippen LogP contribution in [0.3, 0.4) is 0 Å². The van der Waals surface area contributed by atoms with Crippen molar-refractivity contribution >= 4 is 0 Å². The maximum atomic E-state index is 5.30. The van der Waals surface area contributed by atoms with E-state index in [4.69, 9.17) is 9.47 Å².